The Bertz CT molecular complexity index is 1710. The van der Waals surface area contributed by atoms with Crippen molar-refractivity contribution in [1.29, 1.82) is 0 Å². The number of rotatable bonds is 20. The summed E-state index contributed by atoms with van der Waals surface area (Å²) in [5.74, 6) is -3.91. The monoisotopic (exact) mass is 728 g/mol. The lowest BCUT2D eigenvalue weighted by molar-refractivity contribution is -0.134. The normalized spacial score (nSPS) is 13.3. The number of hydrogen-bond donors (Lipinski definition) is 7. The van der Waals surface area contributed by atoms with Crippen LogP contribution < -0.4 is 38.5 Å². The number of primary amides is 1. The van der Waals surface area contributed by atoms with Gasteiger partial charge in [0.05, 0.1) is 0 Å². The maximum Gasteiger partial charge on any atom is 0.244 e. The Morgan fingerprint density at radius 3 is 1.75 bits per heavy atom. The predicted molar refractivity (Wildman–Crippen MR) is 202 cm³/mol. The SMILES string of the molecule is CC(C)C[C@H](NC(=O)[C@H](Cc1ccccc1)NC(=O)[C@H](Cc1ccc(F)cc1)NC(=O)/C=C/c1ccccc1)C(=O)N[C@@H](CCCN=C(N)N)C(N)=O. The van der Waals surface area contributed by atoms with Crippen LogP contribution in [0.5, 0.6) is 0 Å². The molecule has 3 aromatic rings. The molecule has 0 aliphatic rings. The summed E-state index contributed by atoms with van der Waals surface area (Å²) < 4.78 is 13.7. The molecule has 5 amide bonds. The third-order valence-corrected chi connectivity index (χ3v) is 8.07. The summed E-state index contributed by atoms with van der Waals surface area (Å²) >= 11 is 0. The Kier molecular flexibility index (Phi) is 16.7. The molecule has 3 aromatic carbocycles. The van der Waals surface area contributed by atoms with Gasteiger partial charge < -0.3 is 38.5 Å². The number of carbonyl (C=O) groups excluding carboxylic acids is 5. The van der Waals surface area contributed by atoms with Gasteiger partial charge in [0.1, 0.15) is 30.0 Å². The summed E-state index contributed by atoms with van der Waals surface area (Å²) in [7, 11) is 0. The Morgan fingerprint density at radius 1 is 0.679 bits per heavy atom. The molecular formula is C39H49FN8O5. The fourth-order valence-electron chi connectivity index (χ4n) is 5.39. The minimum atomic E-state index is -1.19. The minimum Gasteiger partial charge on any atom is -0.370 e. The molecule has 10 N–H and O–H groups in total. The summed E-state index contributed by atoms with van der Waals surface area (Å²) in [6.45, 7) is 3.96. The molecule has 0 heterocycles. The molecular weight excluding hydrogens is 679 g/mol. The van der Waals surface area contributed by atoms with Crippen molar-refractivity contribution in [1.82, 2.24) is 21.3 Å². The quantitative estimate of drug-likeness (QED) is 0.0395. The first-order valence-electron chi connectivity index (χ1n) is 17.4. The number of amides is 5. The molecule has 0 fully saturated rings. The molecule has 4 atom stereocenters. The minimum absolute atomic E-state index is 0.00717. The van der Waals surface area contributed by atoms with Gasteiger partial charge >= 0.3 is 0 Å². The van der Waals surface area contributed by atoms with E-state index in [0.717, 1.165) is 11.1 Å². The zero-order chi connectivity index (χ0) is 38.8. The topological polar surface area (TPSA) is 224 Å². The van der Waals surface area contributed by atoms with Crippen LogP contribution in [0.4, 0.5) is 4.39 Å². The highest BCUT2D eigenvalue weighted by Gasteiger charge is 2.31. The molecule has 0 aromatic heterocycles. The largest absolute Gasteiger partial charge is 0.370 e. The van der Waals surface area contributed by atoms with E-state index in [9.17, 15) is 28.4 Å². The summed E-state index contributed by atoms with van der Waals surface area (Å²) in [5, 5.41) is 10.9. The highest BCUT2D eigenvalue weighted by molar-refractivity contribution is 5.98. The maximum atomic E-state index is 14.0. The van der Waals surface area contributed by atoms with E-state index in [1.165, 1.54) is 30.3 Å². The number of halogens is 1. The smallest absolute Gasteiger partial charge is 0.244 e. The van der Waals surface area contributed by atoms with Crippen molar-refractivity contribution in [3.05, 3.63) is 114 Å². The number of benzene rings is 3. The molecule has 3 rings (SSSR count). The molecule has 0 radical (unpaired) electrons. The molecule has 0 aliphatic carbocycles. The van der Waals surface area contributed by atoms with Crippen LogP contribution in [0.15, 0.2) is 96.0 Å². The lowest BCUT2D eigenvalue weighted by Crippen LogP contribution is -2.59. The molecule has 14 heteroatoms. The van der Waals surface area contributed by atoms with Crippen molar-refractivity contribution in [2.24, 2.45) is 28.1 Å². The molecule has 0 aliphatic heterocycles. The second-order valence-electron chi connectivity index (χ2n) is 13.0. The van der Waals surface area contributed by atoms with Crippen molar-refractivity contribution >= 4 is 41.6 Å². The van der Waals surface area contributed by atoms with Crippen LogP contribution in [0.25, 0.3) is 6.08 Å². The van der Waals surface area contributed by atoms with Crippen LogP contribution in [0.3, 0.4) is 0 Å². The molecule has 53 heavy (non-hydrogen) atoms. The number of nitrogens with one attached hydrogen (secondary N) is 4. The van der Waals surface area contributed by atoms with Crippen molar-refractivity contribution in [3.63, 3.8) is 0 Å². The Morgan fingerprint density at radius 2 is 1.19 bits per heavy atom. The first-order valence-corrected chi connectivity index (χ1v) is 17.4. The fourth-order valence-corrected chi connectivity index (χ4v) is 5.39. The van der Waals surface area contributed by atoms with E-state index >= 15 is 0 Å². The van der Waals surface area contributed by atoms with Crippen molar-refractivity contribution in [3.8, 4) is 0 Å². The van der Waals surface area contributed by atoms with Gasteiger partial charge in [-0.15, -0.1) is 0 Å². The number of nitrogens with zero attached hydrogens (tertiary/aromatic N) is 1. The first-order chi connectivity index (χ1) is 25.3. The van der Waals surface area contributed by atoms with E-state index in [1.807, 2.05) is 50.2 Å². The van der Waals surface area contributed by atoms with Crippen LogP contribution in [-0.2, 0) is 36.8 Å². The first kappa shape index (κ1) is 41.4. The van der Waals surface area contributed by atoms with E-state index in [-0.39, 0.29) is 44.1 Å². The van der Waals surface area contributed by atoms with E-state index in [4.69, 9.17) is 17.2 Å². The van der Waals surface area contributed by atoms with Gasteiger partial charge in [0.25, 0.3) is 0 Å². The Hall–Kier alpha value is -6.05. The highest BCUT2D eigenvalue weighted by Crippen LogP contribution is 2.11. The van der Waals surface area contributed by atoms with Gasteiger partial charge in [0.2, 0.25) is 29.5 Å². The van der Waals surface area contributed by atoms with Gasteiger partial charge in [0, 0.05) is 25.5 Å². The third kappa shape index (κ3) is 15.4. The Balaban J connectivity index is 1.85. The average molecular weight is 729 g/mol. The van der Waals surface area contributed by atoms with Gasteiger partial charge in [-0.25, -0.2) is 4.39 Å². The van der Waals surface area contributed by atoms with Crippen LogP contribution in [0.2, 0.25) is 0 Å². The molecule has 282 valence electrons. The fraction of sp³-hybridized carbons (Fsp3) is 0.333. The molecule has 0 saturated carbocycles. The summed E-state index contributed by atoms with van der Waals surface area (Å²) in [4.78, 5) is 70.6. The molecule has 0 spiro atoms. The lowest BCUT2D eigenvalue weighted by Gasteiger charge is -2.27. The van der Waals surface area contributed by atoms with Gasteiger partial charge in [-0.3, -0.25) is 29.0 Å². The number of hydrogen-bond acceptors (Lipinski definition) is 6. The van der Waals surface area contributed by atoms with Crippen LogP contribution in [0, 0.1) is 11.7 Å². The second-order valence-corrected chi connectivity index (χ2v) is 13.0. The number of guanidine groups is 1. The van der Waals surface area contributed by atoms with Gasteiger partial charge in [-0.1, -0.05) is 86.6 Å². The maximum absolute atomic E-state index is 14.0. The number of nitrogens with two attached hydrogens (primary N) is 3. The van der Waals surface area contributed by atoms with Gasteiger partial charge in [-0.2, -0.15) is 0 Å². The molecule has 0 unspecified atom stereocenters. The molecule has 0 bridgehead atoms. The Labute approximate surface area is 309 Å². The predicted octanol–water partition coefficient (Wildman–Crippen LogP) is 1.85. The van der Waals surface area contributed by atoms with Gasteiger partial charge in [0.15, 0.2) is 5.96 Å². The lowest BCUT2D eigenvalue weighted by atomic mass is 9.99. The zero-order valence-corrected chi connectivity index (χ0v) is 30.0. The van der Waals surface area contributed by atoms with E-state index < -0.39 is 59.5 Å². The van der Waals surface area contributed by atoms with E-state index in [0.29, 0.717) is 12.0 Å². The molecule has 13 nitrogen and oxygen atoms in total. The summed E-state index contributed by atoms with van der Waals surface area (Å²) in [5.41, 5.74) is 18.3. The van der Waals surface area contributed by atoms with Crippen LogP contribution in [-0.4, -0.2) is 66.2 Å². The highest BCUT2D eigenvalue weighted by atomic mass is 19.1. The third-order valence-electron chi connectivity index (χ3n) is 8.07. The summed E-state index contributed by atoms with van der Waals surface area (Å²) in [6.07, 6.45) is 3.66. The zero-order valence-electron chi connectivity index (χ0n) is 30.0. The molecule has 0 saturated heterocycles. The van der Waals surface area contributed by atoms with Crippen LogP contribution >= 0.6 is 0 Å². The standard InChI is InChI=1S/C39H49FN8O5/c1-25(2)22-31(36(51)46-30(35(41)50)14-9-21-44-39(42)43)47-38(53)33(23-27-12-7-4-8-13-27)48-37(52)32(24-28-15-18-29(40)19-16-28)45-34(49)20-17-26-10-5-3-6-11-26/h3-8,10-13,15-20,25,30-33H,9,14,21-24H2,1-2H3,(H2,41,50)(H,45,49)(H,46,51)(H,47,53)(H,48,52)(H4,42,43,44)/b20-17+/t30-,31-,32-,33-/m0/s1. The average Bonchev–Trinajstić information content (AvgIpc) is 3.12. The van der Waals surface area contributed by atoms with Crippen LogP contribution in [0.1, 0.15) is 49.8 Å². The van der Waals surface area contributed by atoms with E-state index in [1.54, 1.807) is 30.3 Å². The van der Waals surface area contributed by atoms with Crippen molar-refractivity contribution in [2.75, 3.05) is 6.54 Å². The number of carbonyl (C=O) groups is 5. The summed E-state index contributed by atoms with van der Waals surface area (Å²) in [6, 6.07) is 19.1. The van der Waals surface area contributed by atoms with Crippen molar-refractivity contribution in [2.45, 2.75) is 70.1 Å². The second kappa shape index (κ2) is 21.3. The van der Waals surface area contributed by atoms with E-state index in [2.05, 4.69) is 26.3 Å². The van der Waals surface area contributed by atoms with Gasteiger partial charge in [-0.05, 0) is 60.1 Å². The number of aliphatic imine (C=N–C) groups is 1. The van der Waals surface area contributed by atoms with Crippen molar-refractivity contribution < 1.29 is 28.4 Å².